The van der Waals surface area contributed by atoms with Gasteiger partial charge in [0.15, 0.2) is 0 Å². The number of hydrogen-bond donors (Lipinski definition) is 1. The SMILES string of the molecule is CSc1ccc(CNC(=O)c2cc(C(=O)N3CCCC3C)n3c2COCC3)cn1. The Morgan fingerprint density at radius 2 is 2.21 bits per heavy atom. The minimum absolute atomic E-state index is 0.00838. The van der Waals surface area contributed by atoms with Gasteiger partial charge in [-0.1, -0.05) is 6.07 Å². The van der Waals surface area contributed by atoms with Crippen LogP contribution < -0.4 is 5.32 Å². The zero-order valence-corrected chi connectivity index (χ0v) is 17.6. The van der Waals surface area contributed by atoms with E-state index < -0.39 is 0 Å². The van der Waals surface area contributed by atoms with E-state index in [0.29, 0.717) is 37.6 Å². The van der Waals surface area contributed by atoms with Gasteiger partial charge in [-0.15, -0.1) is 11.8 Å². The maximum absolute atomic E-state index is 13.1. The summed E-state index contributed by atoms with van der Waals surface area (Å²) in [5.74, 6) is -0.184. The van der Waals surface area contributed by atoms with Crippen LogP contribution in [0.2, 0.25) is 0 Å². The average Bonchev–Trinajstić information content (AvgIpc) is 3.36. The Kier molecular flexibility index (Phi) is 5.91. The molecule has 29 heavy (non-hydrogen) atoms. The van der Waals surface area contributed by atoms with Crippen LogP contribution in [0.1, 0.15) is 51.9 Å². The number of nitrogens with one attached hydrogen (secondary N) is 1. The van der Waals surface area contributed by atoms with Gasteiger partial charge in [0.25, 0.3) is 11.8 Å². The molecule has 0 spiro atoms. The minimum Gasteiger partial charge on any atom is -0.373 e. The molecule has 1 fully saturated rings. The fourth-order valence-corrected chi connectivity index (χ4v) is 4.36. The van der Waals surface area contributed by atoms with Crippen LogP contribution >= 0.6 is 11.8 Å². The summed E-state index contributed by atoms with van der Waals surface area (Å²) in [5.41, 5.74) is 2.82. The third-order valence-electron chi connectivity index (χ3n) is 5.64. The number of hydrogen-bond acceptors (Lipinski definition) is 5. The lowest BCUT2D eigenvalue weighted by Gasteiger charge is -2.24. The highest BCUT2D eigenvalue weighted by atomic mass is 32.2. The Morgan fingerprint density at radius 3 is 2.90 bits per heavy atom. The molecular weight excluding hydrogens is 388 g/mol. The van der Waals surface area contributed by atoms with Crippen LogP contribution in [0.25, 0.3) is 0 Å². The van der Waals surface area contributed by atoms with Gasteiger partial charge in [0, 0.05) is 31.9 Å². The smallest absolute Gasteiger partial charge is 0.270 e. The first kappa shape index (κ1) is 20.0. The molecule has 2 aliphatic rings. The van der Waals surface area contributed by atoms with Crippen LogP contribution in [-0.2, 0) is 24.4 Å². The number of fused-ring (bicyclic) bond motifs is 1. The lowest BCUT2D eigenvalue weighted by Crippen LogP contribution is -2.35. The van der Waals surface area contributed by atoms with E-state index in [0.717, 1.165) is 35.7 Å². The Bertz CT molecular complexity index is 909. The van der Waals surface area contributed by atoms with Gasteiger partial charge >= 0.3 is 0 Å². The predicted molar refractivity (Wildman–Crippen MR) is 111 cm³/mol. The van der Waals surface area contributed by atoms with Crippen molar-refractivity contribution in [3.8, 4) is 0 Å². The molecule has 1 unspecified atom stereocenters. The zero-order chi connectivity index (χ0) is 20.4. The van der Waals surface area contributed by atoms with Gasteiger partial charge in [0.2, 0.25) is 0 Å². The number of nitrogens with zero attached hydrogens (tertiary/aromatic N) is 3. The van der Waals surface area contributed by atoms with Gasteiger partial charge in [-0.3, -0.25) is 9.59 Å². The molecule has 1 N–H and O–H groups in total. The van der Waals surface area contributed by atoms with E-state index in [4.69, 9.17) is 4.74 Å². The molecule has 0 aliphatic carbocycles. The quantitative estimate of drug-likeness (QED) is 0.762. The molecule has 4 rings (SSSR count). The third-order valence-corrected chi connectivity index (χ3v) is 6.30. The Hall–Kier alpha value is -2.32. The number of carbonyl (C=O) groups is 2. The summed E-state index contributed by atoms with van der Waals surface area (Å²) in [4.78, 5) is 32.3. The number of aromatic nitrogens is 2. The Labute approximate surface area is 174 Å². The van der Waals surface area contributed by atoms with Crippen LogP contribution in [0.3, 0.4) is 0 Å². The molecule has 0 aromatic carbocycles. The molecule has 4 heterocycles. The molecule has 2 amide bonds. The van der Waals surface area contributed by atoms with Gasteiger partial charge in [0.1, 0.15) is 5.69 Å². The highest BCUT2D eigenvalue weighted by molar-refractivity contribution is 7.98. The second-order valence-electron chi connectivity index (χ2n) is 7.48. The zero-order valence-electron chi connectivity index (χ0n) is 16.8. The van der Waals surface area contributed by atoms with Crippen molar-refractivity contribution in [1.29, 1.82) is 0 Å². The maximum atomic E-state index is 13.1. The first-order valence-electron chi connectivity index (χ1n) is 9.96. The molecule has 7 nitrogen and oxygen atoms in total. The highest BCUT2D eigenvalue weighted by Crippen LogP contribution is 2.25. The van der Waals surface area contributed by atoms with E-state index in [-0.39, 0.29) is 17.9 Å². The topological polar surface area (TPSA) is 76.5 Å². The molecule has 1 atom stereocenters. The first-order chi connectivity index (χ1) is 14.1. The lowest BCUT2D eigenvalue weighted by molar-refractivity contribution is 0.0684. The second kappa shape index (κ2) is 8.59. The fraction of sp³-hybridized carbons (Fsp3) is 0.476. The maximum Gasteiger partial charge on any atom is 0.270 e. The number of ether oxygens (including phenoxy) is 1. The first-order valence-corrected chi connectivity index (χ1v) is 11.2. The van der Waals surface area contributed by atoms with Crippen molar-refractivity contribution in [2.45, 2.75) is 50.5 Å². The largest absolute Gasteiger partial charge is 0.373 e. The molecule has 1 saturated heterocycles. The molecule has 154 valence electrons. The minimum atomic E-state index is -0.193. The molecule has 8 heteroatoms. The predicted octanol–water partition coefficient (Wildman–Crippen LogP) is 2.69. The van der Waals surface area contributed by atoms with Crippen LogP contribution in [0, 0.1) is 0 Å². The van der Waals surface area contributed by atoms with Crippen molar-refractivity contribution in [3.05, 3.63) is 46.9 Å². The van der Waals surface area contributed by atoms with Crippen molar-refractivity contribution in [2.24, 2.45) is 0 Å². The van der Waals surface area contributed by atoms with Crippen LogP contribution in [0.5, 0.6) is 0 Å². The Morgan fingerprint density at radius 1 is 1.34 bits per heavy atom. The Balaban J connectivity index is 1.54. The third kappa shape index (κ3) is 4.04. The monoisotopic (exact) mass is 414 g/mol. The van der Waals surface area contributed by atoms with Gasteiger partial charge < -0.3 is 19.5 Å². The summed E-state index contributed by atoms with van der Waals surface area (Å²) in [6.07, 6.45) is 5.80. The summed E-state index contributed by atoms with van der Waals surface area (Å²) < 4.78 is 7.54. The molecule has 2 aliphatic heterocycles. The van der Waals surface area contributed by atoms with Crippen molar-refractivity contribution in [2.75, 3.05) is 19.4 Å². The summed E-state index contributed by atoms with van der Waals surface area (Å²) in [7, 11) is 0. The molecule has 2 aromatic heterocycles. The number of likely N-dealkylation sites (tertiary alicyclic amines) is 1. The van der Waals surface area contributed by atoms with Crippen LogP contribution in [0.15, 0.2) is 29.4 Å². The number of amides is 2. The second-order valence-corrected chi connectivity index (χ2v) is 8.30. The van der Waals surface area contributed by atoms with E-state index in [1.165, 1.54) is 0 Å². The van der Waals surface area contributed by atoms with E-state index in [1.54, 1.807) is 24.0 Å². The number of rotatable bonds is 5. The van der Waals surface area contributed by atoms with E-state index in [9.17, 15) is 9.59 Å². The van der Waals surface area contributed by atoms with Gasteiger partial charge in [-0.25, -0.2) is 4.98 Å². The normalized spacial score (nSPS) is 18.6. The van der Waals surface area contributed by atoms with Crippen molar-refractivity contribution >= 4 is 23.6 Å². The number of thioether (sulfide) groups is 1. The standard InChI is InChI=1S/C21H26N4O3S/c1-14-4-3-7-24(14)21(27)17-10-16(18-13-28-9-8-25(17)18)20(26)23-12-15-5-6-19(29-2)22-11-15/h5-6,10-11,14H,3-4,7-9,12-13H2,1-2H3,(H,23,26). The molecule has 2 aromatic rings. The van der Waals surface area contributed by atoms with Crippen molar-refractivity contribution in [3.63, 3.8) is 0 Å². The molecular formula is C21H26N4O3S. The summed E-state index contributed by atoms with van der Waals surface area (Å²) in [6, 6.07) is 5.87. The van der Waals surface area contributed by atoms with Gasteiger partial charge in [0.05, 0.1) is 29.5 Å². The van der Waals surface area contributed by atoms with Crippen molar-refractivity contribution < 1.29 is 14.3 Å². The lowest BCUT2D eigenvalue weighted by atomic mass is 10.2. The van der Waals surface area contributed by atoms with Crippen molar-refractivity contribution in [1.82, 2.24) is 19.8 Å². The highest BCUT2D eigenvalue weighted by Gasteiger charge is 2.31. The number of carbonyl (C=O) groups excluding carboxylic acids is 2. The molecule has 0 saturated carbocycles. The summed E-state index contributed by atoms with van der Waals surface area (Å²) >= 11 is 1.58. The van der Waals surface area contributed by atoms with E-state index in [1.807, 2.05) is 27.9 Å². The van der Waals surface area contributed by atoms with E-state index >= 15 is 0 Å². The summed E-state index contributed by atoms with van der Waals surface area (Å²) in [6.45, 7) is 4.72. The van der Waals surface area contributed by atoms with Gasteiger partial charge in [-0.2, -0.15) is 0 Å². The summed E-state index contributed by atoms with van der Waals surface area (Å²) in [5, 5.41) is 3.90. The van der Waals surface area contributed by atoms with Crippen LogP contribution in [-0.4, -0.2) is 51.7 Å². The van der Waals surface area contributed by atoms with Crippen LogP contribution in [0.4, 0.5) is 0 Å². The number of pyridine rings is 1. The van der Waals surface area contributed by atoms with Gasteiger partial charge in [-0.05, 0) is 43.7 Å². The molecule has 0 bridgehead atoms. The van der Waals surface area contributed by atoms with E-state index in [2.05, 4.69) is 17.2 Å². The molecule has 0 radical (unpaired) electrons. The average molecular weight is 415 g/mol. The fourth-order valence-electron chi connectivity index (χ4n) is 3.99.